The number of nitro groups is 1. The third kappa shape index (κ3) is 4.71. The molecule has 0 unspecified atom stereocenters. The highest BCUT2D eigenvalue weighted by atomic mass is 35.5. The fourth-order valence-corrected chi connectivity index (χ4v) is 4.51. The Morgan fingerprint density at radius 1 is 1.21 bits per heavy atom. The van der Waals surface area contributed by atoms with Crippen molar-refractivity contribution < 1.29 is 19.2 Å². The number of non-ortho nitro benzene ring substituents is 1. The molecule has 2 aromatic heterocycles. The van der Waals surface area contributed by atoms with Crippen molar-refractivity contribution in [2.45, 2.75) is 6.92 Å². The van der Waals surface area contributed by atoms with Crippen LogP contribution < -0.4 is 5.32 Å². The smallest absolute Gasteiger partial charge is 0.348 e. The molecule has 2 heterocycles. The number of carbonyl (C=O) groups excluding carboxylic acids is 2. The predicted octanol–water partition coefficient (Wildman–Crippen LogP) is 4.54. The summed E-state index contributed by atoms with van der Waals surface area (Å²) in [4.78, 5) is 36.2. The van der Waals surface area contributed by atoms with Crippen LogP contribution in [0.4, 0.5) is 5.69 Å². The van der Waals surface area contributed by atoms with Crippen LogP contribution in [0.15, 0.2) is 54.6 Å². The molecule has 0 saturated carbocycles. The lowest BCUT2D eigenvalue weighted by atomic mass is 10.2. The molecule has 0 fully saturated rings. The number of benzene rings is 2. The van der Waals surface area contributed by atoms with Crippen molar-refractivity contribution in [2.24, 2.45) is 0 Å². The van der Waals surface area contributed by atoms with Crippen molar-refractivity contribution in [1.29, 1.82) is 0 Å². The lowest BCUT2D eigenvalue weighted by Crippen LogP contribution is -2.28. The minimum Gasteiger partial charge on any atom is -0.460 e. The normalized spacial score (nSPS) is 10.8. The molecule has 0 saturated heterocycles. The number of rotatable bonds is 7. The van der Waals surface area contributed by atoms with Crippen LogP contribution in [0.5, 0.6) is 0 Å². The van der Waals surface area contributed by atoms with Gasteiger partial charge in [0, 0.05) is 17.5 Å². The SMILES string of the molecule is Cc1nn(-c2ccccc2)c2sc(C(=O)OCCNC(=O)c3ccc([N+](=O)[O-])cc3Cl)cc12. The van der Waals surface area contributed by atoms with Crippen LogP contribution in [0.3, 0.4) is 0 Å². The molecule has 4 rings (SSSR count). The minimum absolute atomic E-state index is 0.0354. The summed E-state index contributed by atoms with van der Waals surface area (Å²) >= 11 is 7.23. The Morgan fingerprint density at radius 3 is 2.67 bits per heavy atom. The summed E-state index contributed by atoms with van der Waals surface area (Å²) in [5, 5.41) is 18.7. The molecule has 168 valence electrons. The largest absolute Gasteiger partial charge is 0.460 e. The van der Waals surface area contributed by atoms with Crippen LogP contribution in [-0.2, 0) is 4.74 Å². The lowest BCUT2D eigenvalue weighted by Gasteiger charge is -2.07. The van der Waals surface area contributed by atoms with Gasteiger partial charge in [-0.15, -0.1) is 11.3 Å². The van der Waals surface area contributed by atoms with Gasteiger partial charge in [-0.25, -0.2) is 9.48 Å². The van der Waals surface area contributed by atoms with Crippen LogP contribution in [0.1, 0.15) is 25.7 Å². The minimum atomic E-state index is -0.597. The number of para-hydroxylation sites is 1. The number of hydrogen-bond acceptors (Lipinski definition) is 7. The summed E-state index contributed by atoms with van der Waals surface area (Å²) in [6.45, 7) is 1.88. The van der Waals surface area contributed by atoms with Crippen molar-refractivity contribution in [3.8, 4) is 5.69 Å². The summed E-state index contributed by atoms with van der Waals surface area (Å²) in [7, 11) is 0. The maximum atomic E-state index is 12.5. The second-order valence-corrected chi connectivity index (χ2v) is 8.41. The molecular formula is C22H17ClN4O5S. The number of aryl methyl sites for hydroxylation is 1. The van der Waals surface area contributed by atoms with Gasteiger partial charge in [0.1, 0.15) is 16.3 Å². The van der Waals surface area contributed by atoms with Gasteiger partial charge >= 0.3 is 5.97 Å². The fraction of sp³-hybridized carbons (Fsp3) is 0.136. The molecule has 0 aliphatic heterocycles. The average Bonchev–Trinajstić information content (AvgIpc) is 3.37. The van der Waals surface area contributed by atoms with Crippen molar-refractivity contribution in [3.05, 3.63) is 85.9 Å². The van der Waals surface area contributed by atoms with Gasteiger partial charge in [0.25, 0.3) is 11.6 Å². The maximum absolute atomic E-state index is 12.5. The molecule has 0 spiro atoms. The number of nitrogens with zero attached hydrogens (tertiary/aromatic N) is 3. The van der Waals surface area contributed by atoms with Crippen molar-refractivity contribution >= 4 is 50.7 Å². The number of thiophene rings is 1. The molecule has 1 N–H and O–H groups in total. The number of nitro benzene ring substituents is 1. The van der Waals surface area contributed by atoms with Gasteiger partial charge in [0.05, 0.1) is 33.4 Å². The van der Waals surface area contributed by atoms with E-state index in [4.69, 9.17) is 16.3 Å². The standard InChI is InChI=1S/C22H17ClN4O5S/c1-13-17-12-19(33-21(17)26(25-13)14-5-3-2-4-6-14)22(29)32-10-9-24-20(28)16-8-7-15(27(30)31)11-18(16)23/h2-8,11-12H,9-10H2,1H3,(H,24,28). The highest BCUT2D eigenvalue weighted by Crippen LogP contribution is 2.30. The Hall–Kier alpha value is -3.76. The van der Waals surface area contributed by atoms with E-state index < -0.39 is 16.8 Å². The molecule has 0 aliphatic rings. The van der Waals surface area contributed by atoms with E-state index in [-0.39, 0.29) is 29.4 Å². The summed E-state index contributed by atoms with van der Waals surface area (Å²) in [5.41, 5.74) is 1.58. The van der Waals surface area contributed by atoms with E-state index in [9.17, 15) is 19.7 Å². The second-order valence-electron chi connectivity index (χ2n) is 6.98. The summed E-state index contributed by atoms with van der Waals surface area (Å²) in [5.74, 6) is -1.02. The van der Waals surface area contributed by atoms with Crippen molar-refractivity contribution in [2.75, 3.05) is 13.2 Å². The summed E-state index contributed by atoms with van der Waals surface area (Å²) in [6.07, 6.45) is 0. The predicted molar refractivity (Wildman–Crippen MR) is 124 cm³/mol. The molecule has 1 amide bonds. The highest BCUT2D eigenvalue weighted by Gasteiger charge is 2.19. The van der Waals surface area contributed by atoms with E-state index in [1.54, 1.807) is 10.7 Å². The average molecular weight is 485 g/mol. The quantitative estimate of drug-likeness (QED) is 0.178. The lowest BCUT2D eigenvalue weighted by molar-refractivity contribution is -0.384. The van der Waals surface area contributed by atoms with E-state index in [2.05, 4.69) is 10.4 Å². The molecule has 0 atom stereocenters. The third-order valence-corrected chi connectivity index (χ3v) is 6.18. The Balaban J connectivity index is 1.37. The number of carbonyl (C=O) groups is 2. The van der Waals surface area contributed by atoms with Gasteiger partial charge in [0.2, 0.25) is 0 Å². The number of hydrogen-bond donors (Lipinski definition) is 1. The van der Waals surface area contributed by atoms with Gasteiger partial charge in [-0.2, -0.15) is 5.10 Å². The summed E-state index contributed by atoms with van der Waals surface area (Å²) < 4.78 is 7.08. The van der Waals surface area contributed by atoms with Gasteiger partial charge in [-0.1, -0.05) is 29.8 Å². The number of fused-ring (bicyclic) bond motifs is 1. The van der Waals surface area contributed by atoms with E-state index in [1.165, 1.54) is 23.5 Å². The molecule has 0 bridgehead atoms. The zero-order chi connectivity index (χ0) is 23.5. The van der Waals surface area contributed by atoms with Gasteiger partial charge in [0.15, 0.2) is 0 Å². The first-order chi connectivity index (χ1) is 15.8. The Morgan fingerprint density at radius 2 is 1.97 bits per heavy atom. The number of nitrogens with one attached hydrogen (secondary N) is 1. The van der Waals surface area contributed by atoms with Crippen LogP contribution in [-0.4, -0.2) is 39.7 Å². The molecule has 0 radical (unpaired) electrons. The molecular weight excluding hydrogens is 468 g/mol. The second kappa shape index (κ2) is 9.39. The maximum Gasteiger partial charge on any atom is 0.348 e. The number of halogens is 1. The van der Waals surface area contributed by atoms with Crippen molar-refractivity contribution in [3.63, 3.8) is 0 Å². The van der Waals surface area contributed by atoms with Crippen LogP contribution in [0, 0.1) is 17.0 Å². The van der Waals surface area contributed by atoms with Gasteiger partial charge in [-0.05, 0) is 31.2 Å². The fourth-order valence-electron chi connectivity index (χ4n) is 3.17. The van der Waals surface area contributed by atoms with E-state index >= 15 is 0 Å². The molecule has 2 aromatic carbocycles. The number of amides is 1. The van der Waals surface area contributed by atoms with Crippen LogP contribution >= 0.6 is 22.9 Å². The van der Waals surface area contributed by atoms with E-state index in [0.29, 0.717) is 4.88 Å². The first kappa shape index (κ1) is 22.4. The van der Waals surface area contributed by atoms with Crippen LogP contribution in [0.2, 0.25) is 5.02 Å². The van der Waals surface area contributed by atoms with Crippen LogP contribution in [0.25, 0.3) is 15.9 Å². The molecule has 9 nitrogen and oxygen atoms in total. The zero-order valence-electron chi connectivity index (χ0n) is 17.3. The molecule has 11 heteroatoms. The zero-order valence-corrected chi connectivity index (χ0v) is 18.9. The molecule has 33 heavy (non-hydrogen) atoms. The molecule has 0 aliphatic carbocycles. The Bertz CT molecular complexity index is 1370. The molecule has 4 aromatic rings. The topological polar surface area (TPSA) is 116 Å². The number of ether oxygens (including phenoxy) is 1. The summed E-state index contributed by atoms with van der Waals surface area (Å²) in [6, 6.07) is 14.9. The van der Waals surface area contributed by atoms with E-state index in [0.717, 1.165) is 27.7 Å². The van der Waals surface area contributed by atoms with Gasteiger partial charge in [-0.3, -0.25) is 14.9 Å². The number of aromatic nitrogens is 2. The first-order valence-electron chi connectivity index (χ1n) is 9.79. The van der Waals surface area contributed by atoms with Crippen molar-refractivity contribution in [1.82, 2.24) is 15.1 Å². The first-order valence-corrected chi connectivity index (χ1v) is 11.0. The Kier molecular flexibility index (Phi) is 6.38. The Labute approximate surface area is 196 Å². The third-order valence-electron chi connectivity index (χ3n) is 4.78. The highest BCUT2D eigenvalue weighted by molar-refractivity contribution is 7.20. The number of esters is 1. The van der Waals surface area contributed by atoms with Gasteiger partial charge < -0.3 is 10.1 Å². The monoisotopic (exact) mass is 484 g/mol. The van der Waals surface area contributed by atoms with E-state index in [1.807, 2.05) is 37.3 Å².